The number of amides is 2. The lowest BCUT2D eigenvalue weighted by Gasteiger charge is -2.23. The van der Waals surface area contributed by atoms with E-state index in [1.54, 1.807) is 23.0 Å². The van der Waals surface area contributed by atoms with Gasteiger partial charge in [0.15, 0.2) is 0 Å². The fourth-order valence-electron chi connectivity index (χ4n) is 5.11. The summed E-state index contributed by atoms with van der Waals surface area (Å²) in [5.41, 5.74) is 5.85. The van der Waals surface area contributed by atoms with Crippen molar-refractivity contribution >= 4 is 29.4 Å². The van der Waals surface area contributed by atoms with Crippen LogP contribution in [0.2, 0.25) is 0 Å². The average molecular weight is 578 g/mol. The van der Waals surface area contributed by atoms with E-state index >= 15 is 0 Å². The van der Waals surface area contributed by atoms with Gasteiger partial charge in [-0.15, -0.1) is 11.8 Å². The molecule has 210 valence electrons. The topological polar surface area (TPSA) is 80.1 Å². The van der Waals surface area contributed by atoms with Gasteiger partial charge in [0.2, 0.25) is 11.8 Å². The lowest BCUT2D eigenvalue weighted by molar-refractivity contribution is -0.123. The van der Waals surface area contributed by atoms with E-state index in [9.17, 15) is 14.0 Å². The highest BCUT2D eigenvalue weighted by Gasteiger charge is 2.38. The first-order valence-electron chi connectivity index (χ1n) is 13.6. The monoisotopic (exact) mass is 577 g/mol. The Morgan fingerprint density at radius 1 is 0.976 bits per heavy atom. The molecule has 3 heterocycles. The molecule has 5 aromatic rings. The third kappa shape index (κ3) is 5.56. The van der Waals surface area contributed by atoms with Gasteiger partial charge in [-0.05, 0) is 54.4 Å². The molecule has 3 aromatic carbocycles. The molecule has 0 spiro atoms. The van der Waals surface area contributed by atoms with Crippen molar-refractivity contribution in [3.8, 4) is 16.9 Å². The highest BCUT2D eigenvalue weighted by Crippen LogP contribution is 2.49. The number of fused-ring (bicyclic) bond motifs is 1. The second-order valence-electron chi connectivity index (χ2n) is 9.97. The zero-order valence-electron chi connectivity index (χ0n) is 22.9. The first-order chi connectivity index (χ1) is 20.5. The number of hydrogen-bond donors (Lipinski definition) is 1. The van der Waals surface area contributed by atoms with Crippen LogP contribution in [-0.2, 0) is 16.1 Å². The van der Waals surface area contributed by atoms with Gasteiger partial charge in [0.1, 0.15) is 18.2 Å². The van der Waals surface area contributed by atoms with Crippen molar-refractivity contribution in [1.29, 1.82) is 0 Å². The second-order valence-corrected chi connectivity index (χ2v) is 11.1. The van der Waals surface area contributed by atoms with E-state index < -0.39 is 0 Å². The van der Waals surface area contributed by atoms with E-state index in [4.69, 9.17) is 5.10 Å². The quantitative estimate of drug-likeness (QED) is 0.262. The molecule has 42 heavy (non-hydrogen) atoms. The van der Waals surface area contributed by atoms with Crippen LogP contribution in [0.3, 0.4) is 0 Å². The van der Waals surface area contributed by atoms with Crippen LogP contribution in [0.15, 0.2) is 103 Å². The Bertz CT molecular complexity index is 1730. The number of nitrogens with one attached hydrogen (secondary N) is 1. The van der Waals surface area contributed by atoms with Crippen LogP contribution in [0.25, 0.3) is 16.9 Å². The van der Waals surface area contributed by atoms with E-state index in [1.807, 2.05) is 60.7 Å². The molecule has 0 bridgehead atoms. The fourth-order valence-corrected chi connectivity index (χ4v) is 6.40. The van der Waals surface area contributed by atoms with Gasteiger partial charge >= 0.3 is 0 Å². The Balaban J connectivity index is 1.52. The molecule has 1 aliphatic heterocycles. The van der Waals surface area contributed by atoms with E-state index in [2.05, 4.69) is 29.4 Å². The summed E-state index contributed by atoms with van der Waals surface area (Å²) in [5, 5.41) is 7.69. The van der Waals surface area contributed by atoms with Gasteiger partial charge in [-0.25, -0.2) is 9.07 Å². The number of carbonyl (C=O) groups excluding carboxylic acids is 2. The molecule has 0 radical (unpaired) electrons. The maximum absolute atomic E-state index is 14.0. The lowest BCUT2D eigenvalue weighted by atomic mass is 9.97. The van der Waals surface area contributed by atoms with E-state index in [1.165, 1.54) is 28.8 Å². The van der Waals surface area contributed by atoms with Gasteiger partial charge in [-0.1, -0.05) is 60.7 Å². The predicted octanol–water partition coefficient (Wildman–Crippen LogP) is 5.87. The molecule has 6 rings (SSSR count). The summed E-state index contributed by atoms with van der Waals surface area (Å²) in [5.74, 6) is -0.258. The number of aromatic nitrogens is 3. The molecule has 2 amide bonds. The number of thioether (sulfide) groups is 1. The first-order valence-corrected chi connectivity index (χ1v) is 14.6. The van der Waals surface area contributed by atoms with Crippen molar-refractivity contribution in [2.24, 2.45) is 0 Å². The lowest BCUT2D eigenvalue weighted by Crippen LogP contribution is -2.42. The summed E-state index contributed by atoms with van der Waals surface area (Å²) < 4.78 is 15.6. The highest BCUT2D eigenvalue weighted by atomic mass is 32.2. The Kier molecular flexibility index (Phi) is 7.83. The van der Waals surface area contributed by atoms with Crippen LogP contribution in [0, 0.1) is 12.7 Å². The molecule has 0 unspecified atom stereocenters. The predicted molar refractivity (Wildman–Crippen MR) is 163 cm³/mol. The average Bonchev–Trinajstić information content (AvgIpc) is 3.34. The Hall–Kier alpha value is -4.76. The van der Waals surface area contributed by atoms with Crippen molar-refractivity contribution in [3.05, 3.63) is 131 Å². The number of carbonyl (C=O) groups is 2. The minimum Gasteiger partial charge on any atom is -0.349 e. The van der Waals surface area contributed by atoms with Crippen LogP contribution in [0.5, 0.6) is 0 Å². The zero-order valence-corrected chi connectivity index (χ0v) is 23.7. The maximum Gasteiger partial charge on any atom is 0.240 e. The standard InChI is InChI=1S/C33H28FN5O2S/c1-22-9-5-6-13-27(22)32-30-31(23-10-3-2-4-11-23)37-39(26-16-14-24(34)15-17-26)33(30)38(29(41)21-42-32)20-28(40)36-19-25-12-7-8-18-35-25/h2-18,32H,19-21H2,1H3,(H,36,40)/t32-/m1/s1. The third-order valence-corrected chi connectivity index (χ3v) is 8.41. The molecule has 9 heteroatoms. The van der Waals surface area contributed by atoms with E-state index in [-0.39, 0.29) is 41.7 Å². The molecule has 1 aliphatic rings. The molecule has 7 nitrogen and oxygen atoms in total. The van der Waals surface area contributed by atoms with Crippen molar-refractivity contribution in [2.45, 2.75) is 18.7 Å². The number of benzene rings is 3. The normalized spacial score (nSPS) is 14.8. The summed E-state index contributed by atoms with van der Waals surface area (Å²) in [4.78, 5) is 32.9. The van der Waals surface area contributed by atoms with E-state index in [0.29, 0.717) is 22.9 Å². The summed E-state index contributed by atoms with van der Waals surface area (Å²) >= 11 is 1.52. The highest BCUT2D eigenvalue weighted by molar-refractivity contribution is 8.00. The van der Waals surface area contributed by atoms with Gasteiger partial charge in [-0.2, -0.15) is 5.10 Å². The Morgan fingerprint density at radius 3 is 2.45 bits per heavy atom. The van der Waals surface area contributed by atoms with Crippen LogP contribution >= 0.6 is 11.8 Å². The van der Waals surface area contributed by atoms with Crippen molar-refractivity contribution < 1.29 is 14.0 Å². The minimum atomic E-state index is -0.379. The van der Waals surface area contributed by atoms with Gasteiger partial charge in [0.05, 0.1) is 34.6 Å². The smallest absolute Gasteiger partial charge is 0.240 e. The van der Waals surface area contributed by atoms with Gasteiger partial charge in [0.25, 0.3) is 0 Å². The number of halogens is 1. The molecule has 1 N–H and O–H groups in total. The molecular formula is C33H28FN5O2S. The van der Waals surface area contributed by atoms with Gasteiger partial charge < -0.3 is 5.32 Å². The second kappa shape index (κ2) is 12.0. The maximum atomic E-state index is 14.0. The third-order valence-electron chi connectivity index (χ3n) is 7.17. The fraction of sp³-hybridized carbons (Fsp3) is 0.152. The summed E-state index contributed by atoms with van der Waals surface area (Å²) in [6.07, 6.45) is 1.67. The molecule has 0 saturated carbocycles. The van der Waals surface area contributed by atoms with Gasteiger partial charge in [0, 0.05) is 17.3 Å². The Labute approximate surface area is 247 Å². The zero-order chi connectivity index (χ0) is 29.1. The van der Waals surface area contributed by atoms with E-state index in [0.717, 1.165) is 22.3 Å². The van der Waals surface area contributed by atoms with Crippen LogP contribution in [-0.4, -0.2) is 38.9 Å². The van der Waals surface area contributed by atoms with Crippen molar-refractivity contribution in [2.75, 3.05) is 17.2 Å². The van der Waals surface area contributed by atoms with Crippen LogP contribution in [0.1, 0.15) is 27.6 Å². The number of anilines is 1. The SMILES string of the molecule is Cc1ccccc1[C@H]1SCC(=O)N(CC(=O)NCc2ccccn2)c2c1c(-c1ccccc1)nn2-c1ccc(F)cc1. The molecule has 0 aliphatic carbocycles. The van der Waals surface area contributed by atoms with Crippen molar-refractivity contribution in [3.63, 3.8) is 0 Å². The molecule has 2 aromatic heterocycles. The largest absolute Gasteiger partial charge is 0.349 e. The number of pyridine rings is 1. The number of hydrogen-bond acceptors (Lipinski definition) is 5. The molecular weight excluding hydrogens is 549 g/mol. The molecule has 1 atom stereocenters. The summed E-state index contributed by atoms with van der Waals surface area (Å²) in [6.45, 7) is 2.08. The number of rotatable bonds is 7. The molecule has 0 fully saturated rings. The Morgan fingerprint density at radius 2 is 1.71 bits per heavy atom. The minimum absolute atomic E-state index is 0.166. The van der Waals surface area contributed by atoms with Crippen LogP contribution < -0.4 is 10.2 Å². The van der Waals surface area contributed by atoms with Gasteiger partial charge in [-0.3, -0.25) is 19.5 Å². The first kappa shape index (κ1) is 27.4. The van der Waals surface area contributed by atoms with Crippen LogP contribution in [0.4, 0.5) is 10.2 Å². The van der Waals surface area contributed by atoms with Crippen molar-refractivity contribution in [1.82, 2.24) is 20.1 Å². The summed E-state index contributed by atoms with van der Waals surface area (Å²) in [6, 6.07) is 29.4. The summed E-state index contributed by atoms with van der Waals surface area (Å²) in [7, 11) is 0. The number of aryl methyl sites for hydroxylation is 1. The molecule has 0 saturated heterocycles. The number of nitrogens with zero attached hydrogens (tertiary/aromatic N) is 4.